The van der Waals surface area contributed by atoms with Crippen molar-refractivity contribution in [2.75, 3.05) is 11.3 Å². The molecule has 1 aromatic carbocycles. The number of alkyl carbamates (subject to hydrolysis) is 1. The summed E-state index contributed by atoms with van der Waals surface area (Å²) in [5.41, 5.74) is -0.880. The van der Waals surface area contributed by atoms with Crippen molar-refractivity contribution in [3.05, 3.63) is 42.0 Å². The Morgan fingerprint density at radius 3 is 2.48 bits per heavy atom. The molecule has 0 aromatic heterocycles. The molecule has 0 bridgehead atoms. The predicted octanol–water partition coefficient (Wildman–Crippen LogP) is 3.30. The van der Waals surface area contributed by atoms with Gasteiger partial charge in [0.05, 0.1) is 5.69 Å². The average Bonchev–Trinajstić information content (AvgIpc) is 3.40. The highest BCUT2D eigenvalue weighted by atomic mass is 32.2. The number of hydrogen-bond donors (Lipinski definition) is 4. The molecule has 44 heavy (non-hydrogen) atoms. The van der Waals surface area contributed by atoms with E-state index in [1.807, 2.05) is 19.1 Å². The number of fused-ring (bicyclic) bond motifs is 2. The molecule has 0 spiro atoms. The Kier molecular flexibility index (Phi) is 10.3. The maximum absolute atomic E-state index is 13.7. The monoisotopic (exact) mass is 631 g/mol. The third-order valence-electron chi connectivity index (χ3n) is 8.17. The number of aryl methyl sites for hydroxylation is 1. The summed E-state index contributed by atoms with van der Waals surface area (Å²) < 4.78 is 35.7. The van der Waals surface area contributed by atoms with Crippen LogP contribution in [-0.4, -0.2) is 66.9 Å². The van der Waals surface area contributed by atoms with E-state index in [-0.39, 0.29) is 12.3 Å². The fourth-order valence-electron chi connectivity index (χ4n) is 5.75. The van der Waals surface area contributed by atoms with E-state index in [0.29, 0.717) is 44.3 Å². The van der Waals surface area contributed by atoms with Crippen molar-refractivity contribution < 1.29 is 32.3 Å². The third kappa shape index (κ3) is 8.52. The summed E-state index contributed by atoms with van der Waals surface area (Å²) in [4.78, 5) is 55.0. The van der Waals surface area contributed by atoms with E-state index in [4.69, 9.17) is 4.74 Å². The normalized spacial score (nSPS) is 27.0. The fraction of sp³-hybridized carbons (Fsp3) is 0.613. The van der Waals surface area contributed by atoms with Crippen LogP contribution < -0.4 is 20.1 Å². The lowest BCUT2D eigenvalue weighted by atomic mass is 10.0. The molecule has 1 unspecified atom stereocenters. The number of hydrogen-bond acceptors (Lipinski definition) is 7. The number of carbonyl (C=O) groups excluding carboxylic acids is 4. The number of allylic oxidation sites excluding steroid dienone is 1. The lowest BCUT2D eigenvalue weighted by Crippen LogP contribution is -2.58. The van der Waals surface area contributed by atoms with Gasteiger partial charge < -0.3 is 20.3 Å². The molecule has 4 rings (SSSR count). The maximum atomic E-state index is 13.7. The summed E-state index contributed by atoms with van der Waals surface area (Å²) >= 11 is 0. The van der Waals surface area contributed by atoms with Crippen molar-refractivity contribution in [2.45, 2.75) is 109 Å². The highest BCUT2D eigenvalue weighted by Gasteiger charge is 2.61. The number of carbonyl (C=O) groups is 4. The van der Waals surface area contributed by atoms with Gasteiger partial charge in [0.2, 0.25) is 11.8 Å². The van der Waals surface area contributed by atoms with E-state index < -0.39 is 57.3 Å². The van der Waals surface area contributed by atoms with Gasteiger partial charge in [0.15, 0.2) is 0 Å². The van der Waals surface area contributed by atoms with E-state index in [1.54, 1.807) is 45.0 Å². The number of amides is 4. The van der Waals surface area contributed by atoms with E-state index in [9.17, 15) is 27.6 Å². The molecule has 242 valence electrons. The van der Waals surface area contributed by atoms with Gasteiger partial charge in [0.25, 0.3) is 5.91 Å². The van der Waals surface area contributed by atoms with Crippen LogP contribution in [0.25, 0.3) is 0 Å². The van der Waals surface area contributed by atoms with Crippen LogP contribution in [0, 0.1) is 5.92 Å². The van der Waals surface area contributed by atoms with Gasteiger partial charge in [-0.05, 0) is 83.4 Å². The first-order valence-electron chi connectivity index (χ1n) is 15.5. The van der Waals surface area contributed by atoms with Crippen LogP contribution in [0.1, 0.15) is 84.6 Å². The molecule has 4 atom stereocenters. The predicted molar refractivity (Wildman–Crippen MR) is 166 cm³/mol. The molecular weight excluding hydrogens is 586 g/mol. The molecule has 0 radical (unpaired) electrons. The van der Waals surface area contributed by atoms with Crippen molar-refractivity contribution in [1.82, 2.24) is 20.3 Å². The molecule has 3 aliphatic rings. The van der Waals surface area contributed by atoms with Crippen molar-refractivity contribution in [3.8, 4) is 0 Å². The summed E-state index contributed by atoms with van der Waals surface area (Å²) in [7, 11) is -4.30. The Labute approximate surface area is 259 Å². The van der Waals surface area contributed by atoms with Crippen LogP contribution >= 0.6 is 0 Å². The number of rotatable bonds is 6. The van der Waals surface area contributed by atoms with Crippen LogP contribution in [0.2, 0.25) is 0 Å². The molecular formula is C31H45N5O7S. The van der Waals surface area contributed by atoms with Crippen LogP contribution in [0.5, 0.6) is 0 Å². The van der Waals surface area contributed by atoms with Crippen molar-refractivity contribution in [1.29, 1.82) is 0 Å². The highest BCUT2D eigenvalue weighted by Crippen LogP contribution is 2.45. The zero-order chi connectivity index (χ0) is 32.1. The third-order valence-corrected chi connectivity index (χ3v) is 9.13. The van der Waals surface area contributed by atoms with E-state index >= 15 is 0 Å². The number of ether oxygens (including phenoxy) is 1. The summed E-state index contributed by atoms with van der Waals surface area (Å²) in [6, 6.07) is 5.09. The smallest absolute Gasteiger partial charge is 0.408 e. The summed E-state index contributed by atoms with van der Waals surface area (Å²) in [6.45, 7) is 7.52. The molecule has 1 aliphatic carbocycles. The zero-order valence-electron chi connectivity index (χ0n) is 26.0. The van der Waals surface area contributed by atoms with Crippen LogP contribution in [-0.2, 0) is 35.8 Å². The summed E-state index contributed by atoms with van der Waals surface area (Å²) in [6.07, 6.45) is 8.49. The largest absolute Gasteiger partial charge is 0.444 e. The molecule has 2 aliphatic heterocycles. The first kappa shape index (κ1) is 33.3. The van der Waals surface area contributed by atoms with Crippen LogP contribution in [0.15, 0.2) is 36.4 Å². The van der Waals surface area contributed by atoms with E-state index in [0.717, 1.165) is 24.8 Å². The van der Waals surface area contributed by atoms with Gasteiger partial charge in [-0.25, -0.2) is 9.52 Å². The number of benzene rings is 1. The average molecular weight is 632 g/mol. The molecule has 4 amide bonds. The van der Waals surface area contributed by atoms with Crippen molar-refractivity contribution >= 4 is 39.7 Å². The summed E-state index contributed by atoms with van der Waals surface area (Å²) in [5.74, 6) is -2.16. The maximum Gasteiger partial charge on any atom is 0.408 e. The highest BCUT2D eigenvalue weighted by molar-refractivity contribution is 7.91. The number of anilines is 1. The SMILES string of the molecule is CCc1ccc(NS(=O)(=O)NC(=O)[C@@]23C[C@H]2/C=C\CCCCC[C@H](NC(=O)OC(C)(C)C)C(=O)N2CCCC2C(=O)N3)cc1. The van der Waals surface area contributed by atoms with Gasteiger partial charge in [0.1, 0.15) is 23.2 Å². The van der Waals surface area contributed by atoms with Gasteiger partial charge >= 0.3 is 16.3 Å². The van der Waals surface area contributed by atoms with Crippen molar-refractivity contribution in [3.63, 3.8) is 0 Å². The molecule has 2 heterocycles. The Morgan fingerprint density at radius 1 is 1.07 bits per heavy atom. The van der Waals surface area contributed by atoms with Gasteiger partial charge in [-0.3, -0.25) is 19.1 Å². The summed E-state index contributed by atoms with van der Waals surface area (Å²) in [5, 5.41) is 5.52. The van der Waals surface area contributed by atoms with Crippen LogP contribution in [0.3, 0.4) is 0 Å². The topological polar surface area (TPSA) is 163 Å². The minimum Gasteiger partial charge on any atom is -0.444 e. The Balaban J connectivity index is 1.52. The molecule has 1 saturated heterocycles. The van der Waals surface area contributed by atoms with Gasteiger partial charge in [-0.15, -0.1) is 0 Å². The minimum absolute atomic E-state index is 0.227. The lowest BCUT2D eigenvalue weighted by molar-refractivity contribution is -0.141. The van der Waals surface area contributed by atoms with E-state index in [1.165, 1.54) is 4.90 Å². The van der Waals surface area contributed by atoms with Gasteiger partial charge in [-0.1, -0.05) is 44.1 Å². The second-order valence-corrected chi connectivity index (χ2v) is 14.2. The number of nitrogens with zero attached hydrogens (tertiary/aromatic N) is 1. The van der Waals surface area contributed by atoms with Crippen LogP contribution in [0.4, 0.5) is 10.5 Å². The second-order valence-electron chi connectivity index (χ2n) is 12.8. The molecule has 12 nitrogen and oxygen atoms in total. The van der Waals surface area contributed by atoms with Gasteiger partial charge in [0, 0.05) is 12.5 Å². The Morgan fingerprint density at radius 2 is 1.80 bits per heavy atom. The first-order valence-corrected chi connectivity index (χ1v) is 16.9. The van der Waals surface area contributed by atoms with E-state index in [2.05, 4.69) is 20.1 Å². The standard InChI is InChI=1S/C31H45N5O7S/c1-5-21-15-17-23(18-16-21)34-44(41,42)35-28(39)31-20-22(31)12-9-7-6-8-10-13-24(32-29(40)43-30(2,3)4)27(38)36-19-11-14-25(36)26(37)33-31/h9,12,15-18,22,24-25,34H,5-8,10-11,13-14,19-20H2,1-4H3,(H,32,40)(H,33,37)(H,35,39)/b12-9-/t22-,24+,25?,31-/m1/s1. The molecule has 2 fully saturated rings. The molecule has 1 aromatic rings. The van der Waals surface area contributed by atoms with Gasteiger partial charge in [-0.2, -0.15) is 8.42 Å². The second kappa shape index (κ2) is 13.6. The molecule has 13 heteroatoms. The lowest BCUT2D eigenvalue weighted by Gasteiger charge is -2.30. The zero-order valence-corrected chi connectivity index (χ0v) is 26.8. The molecule has 4 N–H and O–H groups in total. The molecule has 1 saturated carbocycles. The fourth-order valence-corrected chi connectivity index (χ4v) is 6.67. The Bertz CT molecular complexity index is 1370. The minimum atomic E-state index is -4.30. The number of nitrogens with one attached hydrogen (secondary N) is 4. The first-order chi connectivity index (χ1) is 20.7. The quantitative estimate of drug-likeness (QED) is 0.350. The Hall–Kier alpha value is -3.61. The van der Waals surface area contributed by atoms with Crippen molar-refractivity contribution in [2.24, 2.45) is 5.92 Å².